The van der Waals surface area contributed by atoms with Crippen LogP contribution in [0, 0.1) is 3.57 Å². The number of hydrogen-bond donors (Lipinski definition) is 1. The van der Waals surface area contributed by atoms with Gasteiger partial charge in [0.15, 0.2) is 11.5 Å². The van der Waals surface area contributed by atoms with Crippen molar-refractivity contribution >= 4 is 40.4 Å². The molecule has 0 aliphatic carbocycles. The average molecular weight is 580 g/mol. The average Bonchev–Trinajstić information content (AvgIpc) is 3.30. The number of ether oxygens (including phenoxy) is 3. The van der Waals surface area contributed by atoms with E-state index in [9.17, 15) is 14.4 Å². The van der Waals surface area contributed by atoms with Crippen LogP contribution in [0.3, 0.4) is 0 Å². The zero-order valence-electron chi connectivity index (χ0n) is 19.9. The Bertz CT molecular complexity index is 1090. The predicted molar refractivity (Wildman–Crippen MR) is 136 cm³/mol. The predicted octanol–water partition coefficient (Wildman–Crippen LogP) is 3.78. The molecule has 0 bridgehead atoms. The normalized spacial score (nSPS) is 12.1. The number of hydrogen-bond acceptors (Lipinski definition) is 6. The molecule has 3 rings (SSSR count). The van der Waals surface area contributed by atoms with E-state index in [1.165, 1.54) is 7.11 Å². The highest BCUT2D eigenvalue weighted by molar-refractivity contribution is 14.1. The van der Waals surface area contributed by atoms with Crippen LogP contribution in [-0.2, 0) is 20.7 Å². The smallest absolute Gasteiger partial charge is 0.338 e. The van der Waals surface area contributed by atoms with Gasteiger partial charge in [-0.3, -0.25) is 9.59 Å². The Kier molecular flexibility index (Phi) is 8.40. The van der Waals surface area contributed by atoms with Crippen molar-refractivity contribution in [3.63, 3.8) is 0 Å². The van der Waals surface area contributed by atoms with Crippen LogP contribution in [0.15, 0.2) is 30.3 Å². The molecular weight excluding hydrogens is 551 g/mol. The molecule has 1 aliphatic rings. The number of nitrogens with one attached hydrogen (secondary N) is 1. The standard InChI is InChI=1S/C25H29IN2O6/c1-14(2)28(15(3)4)24(30)23(29)27-11-10-16-12-19(21-22(20(16)26)34-13-33-21)17-8-6-7-9-18(17)25(31)32-5/h6-9,12,14-15H,10-11,13H2,1-5H3,(H,27,29). The minimum Gasteiger partial charge on any atom is -0.465 e. The maximum atomic E-state index is 12.6. The van der Waals surface area contributed by atoms with Crippen LogP contribution in [0.2, 0.25) is 0 Å². The van der Waals surface area contributed by atoms with Crippen molar-refractivity contribution in [1.82, 2.24) is 10.2 Å². The van der Waals surface area contributed by atoms with E-state index >= 15 is 0 Å². The fraction of sp³-hybridized carbons (Fsp3) is 0.400. The number of carbonyl (C=O) groups excluding carboxylic acids is 3. The van der Waals surface area contributed by atoms with Gasteiger partial charge in [0.1, 0.15) is 0 Å². The third-order valence-corrected chi connectivity index (χ3v) is 6.68. The fourth-order valence-corrected chi connectivity index (χ4v) is 4.87. The summed E-state index contributed by atoms with van der Waals surface area (Å²) in [4.78, 5) is 39.0. The summed E-state index contributed by atoms with van der Waals surface area (Å²) < 4.78 is 17.2. The molecule has 2 aromatic rings. The van der Waals surface area contributed by atoms with Gasteiger partial charge in [-0.2, -0.15) is 0 Å². The Labute approximate surface area is 213 Å². The minimum atomic E-state index is -0.630. The minimum absolute atomic E-state index is 0.0770. The first-order chi connectivity index (χ1) is 16.2. The SMILES string of the molecule is COC(=O)c1ccccc1-c1cc(CCNC(=O)C(=O)N(C(C)C)C(C)C)c(I)c2c1OCO2. The van der Waals surface area contributed by atoms with Crippen molar-refractivity contribution in [2.24, 2.45) is 0 Å². The molecule has 0 unspecified atom stereocenters. The molecule has 0 saturated carbocycles. The zero-order chi connectivity index (χ0) is 25.0. The van der Waals surface area contributed by atoms with E-state index in [0.717, 1.165) is 9.13 Å². The van der Waals surface area contributed by atoms with Crippen LogP contribution < -0.4 is 14.8 Å². The summed E-state index contributed by atoms with van der Waals surface area (Å²) in [5.74, 6) is -0.462. The first-order valence-electron chi connectivity index (χ1n) is 11.1. The molecule has 0 aromatic heterocycles. The van der Waals surface area contributed by atoms with Gasteiger partial charge in [0.2, 0.25) is 6.79 Å². The summed E-state index contributed by atoms with van der Waals surface area (Å²) in [5.41, 5.74) is 2.68. The van der Waals surface area contributed by atoms with Gasteiger partial charge in [-0.15, -0.1) is 0 Å². The topological polar surface area (TPSA) is 94.2 Å². The van der Waals surface area contributed by atoms with Crippen LogP contribution in [0.5, 0.6) is 11.5 Å². The van der Waals surface area contributed by atoms with E-state index in [2.05, 4.69) is 27.9 Å². The molecule has 0 atom stereocenters. The van der Waals surface area contributed by atoms with Gasteiger partial charge in [-0.1, -0.05) is 18.2 Å². The van der Waals surface area contributed by atoms with Crippen LogP contribution in [-0.4, -0.2) is 55.2 Å². The summed E-state index contributed by atoms with van der Waals surface area (Å²) in [6, 6.07) is 8.90. The highest BCUT2D eigenvalue weighted by Crippen LogP contribution is 2.46. The Morgan fingerprint density at radius 1 is 1.06 bits per heavy atom. The van der Waals surface area contributed by atoms with E-state index in [-0.39, 0.29) is 25.4 Å². The Balaban J connectivity index is 1.86. The van der Waals surface area contributed by atoms with E-state index in [4.69, 9.17) is 14.2 Å². The molecule has 9 heteroatoms. The first-order valence-corrected chi connectivity index (χ1v) is 12.1. The van der Waals surface area contributed by atoms with Crippen LogP contribution in [0.1, 0.15) is 43.6 Å². The number of methoxy groups -OCH3 is 1. The van der Waals surface area contributed by atoms with E-state index in [1.54, 1.807) is 17.0 Å². The molecule has 1 heterocycles. The molecule has 182 valence electrons. The Morgan fingerprint density at radius 2 is 1.71 bits per heavy atom. The summed E-state index contributed by atoms with van der Waals surface area (Å²) in [7, 11) is 1.34. The highest BCUT2D eigenvalue weighted by atomic mass is 127. The number of benzene rings is 2. The van der Waals surface area contributed by atoms with E-state index in [1.807, 2.05) is 45.9 Å². The number of amides is 2. The van der Waals surface area contributed by atoms with Crippen molar-refractivity contribution in [3.8, 4) is 22.6 Å². The van der Waals surface area contributed by atoms with Gasteiger partial charge in [-0.05, 0) is 74.4 Å². The van der Waals surface area contributed by atoms with Crippen LogP contribution >= 0.6 is 22.6 Å². The number of esters is 1. The van der Waals surface area contributed by atoms with Crippen LogP contribution in [0.25, 0.3) is 11.1 Å². The molecule has 2 amide bonds. The molecule has 34 heavy (non-hydrogen) atoms. The number of rotatable bonds is 7. The highest BCUT2D eigenvalue weighted by Gasteiger charge is 2.28. The van der Waals surface area contributed by atoms with Gasteiger partial charge >= 0.3 is 17.8 Å². The summed E-state index contributed by atoms with van der Waals surface area (Å²) in [6.07, 6.45) is 0.463. The molecular formula is C25H29IN2O6. The Morgan fingerprint density at radius 3 is 2.35 bits per heavy atom. The van der Waals surface area contributed by atoms with Crippen molar-refractivity contribution in [2.45, 2.75) is 46.2 Å². The number of carbonyl (C=O) groups is 3. The second-order valence-corrected chi connectivity index (χ2v) is 9.48. The monoisotopic (exact) mass is 580 g/mol. The van der Waals surface area contributed by atoms with Crippen molar-refractivity contribution in [1.29, 1.82) is 0 Å². The fourth-order valence-electron chi connectivity index (χ4n) is 4.05. The van der Waals surface area contributed by atoms with Gasteiger partial charge in [0.05, 0.1) is 16.2 Å². The van der Waals surface area contributed by atoms with Gasteiger partial charge in [0.25, 0.3) is 0 Å². The van der Waals surface area contributed by atoms with E-state index < -0.39 is 17.8 Å². The third-order valence-electron chi connectivity index (χ3n) is 5.50. The lowest BCUT2D eigenvalue weighted by Gasteiger charge is -2.30. The third kappa shape index (κ3) is 5.29. The summed E-state index contributed by atoms with van der Waals surface area (Å²) >= 11 is 2.19. The lowest BCUT2D eigenvalue weighted by atomic mass is 9.96. The molecule has 2 aromatic carbocycles. The van der Waals surface area contributed by atoms with Gasteiger partial charge in [-0.25, -0.2) is 4.79 Å². The van der Waals surface area contributed by atoms with Crippen molar-refractivity contribution < 1.29 is 28.6 Å². The van der Waals surface area contributed by atoms with Crippen LogP contribution in [0.4, 0.5) is 0 Å². The lowest BCUT2D eigenvalue weighted by Crippen LogP contribution is -2.49. The Hall–Kier alpha value is -2.82. The maximum absolute atomic E-state index is 12.6. The maximum Gasteiger partial charge on any atom is 0.338 e. The van der Waals surface area contributed by atoms with Crippen molar-refractivity contribution in [2.75, 3.05) is 20.4 Å². The first kappa shape index (κ1) is 25.8. The summed E-state index contributed by atoms with van der Waals surface area (Å²) in [5, 5.41) is 2.73. The molecule has 0 fully saturated rings. The number of fused-ring (bicyclic) bond motifs is 1. The molecule has 0 saturated heterocycles. The van der Waals surface area contributed by atoms with Gasteiger partial charge < -0.3 is 24.4 Å². The molecule has 0 spiro atoms. The molecule has 1 aliphatic heterocycles. The number of nitrogens with zero attached hydrogens (tertiary/aromatic N) is 1. The second-order valence-electron chi connectivity index (χ2n) is 8.40. The summed E-state index contributed by atoms with van der Waals surface area (Å²) in [6.45, 7) is 7.87. The van der Waals surface area contributed by atoms with E-state index in [0.29, 0.717) is 34.6 Å². The molecule has 0 radical (unpaired) electrons. The molecule has 8 nitrogen and oxygen atoms in total. The quantitative estimate of drug-likeness (QED) is 0.305. The largest absolute Gasteiger partial charge is 0.465 e. The lowest BCUT2D eigenvalue weighted by molar-refractivity contribution is -0.148. The van der Waals surface area contributed by atoms with Gasteiger partial charge in [0, 0.05) is 29.8 Å². The van der Waals surface area contributed by atoms with Crippen molar-refractivity contribution in [3.05, 3.63) is 45.0 Å². The number of halogens is 1. The molecule has 1 N–H and O–H groups in total. The second kappa shape index (κ2) is 11.1. The zero-order valence-corrected chi connectivity index (χ0v) is 22.1.